The number of rotatable bonds is 8. The van der Waals surface area contributed by atoms with Crippen molar-refractivity contribution in [1.29, 1.82) is 0 Å². The molecule has 2 aromatic rings. The molecule has 11 heteroatoms. The molecule has 0 atom stereocenters. The number of anilines is 1. The summed E-state index contributed by atoms with van der Waals surface area (Å²) >= 11 is 0. The molecular formula is C24H31Cl2F3N4O2. The monoisotopic (exact) mass is 534 g/mol. The molecule has 0 saturated carbocycles. The molecule has 0 unspecified atom stereocenters. The molecular weight excluding hydrogens is 504 g/mol. The number of hydrogen-bond acceptors (Lipinski definition) is 4. The number of likely N-dealkylation sites (N-methyl/N-ethyl adjacent to an activating group) is 1. The maximum absolute atomic E-state index is 13.5. The standard InChI is InChI=1S/C24H29F3N4O2.2ClH/c1-29(2)13-14-30(16-18-7-4-3-5-8-18)22(32)17-31(23(33)24(25,26)27)21-10-6-9-19-11-12-28-15-20(19)21;;/h3-10,28H,11-17H2,1-2H3;2*1H. The largest absolute Gasteiger partial charge is 0.471 e. The van der Waals surface area contributed by atoms with E-state index in [4.69, 9.17) is 0 Å². The van der Waals surface area contributed by atoms with Crippen LogP contribution in [0.4, 0.5) is 18.9 Å². The maximum atomic E-state index is 13.5. The minimum absolute atomic E-state index is 0. The average Bonchev–Trinajstić information content (AvgIpc) is 2.79. The van der Waals surface area contributed by atoms with E-state index in [0.717, 1.165) is 11.1 Å². The van der Waals surface area contributed by atoms with Gasteiger partial charge in [0.1, 0.15) is 6.54 Å². The van der Waals surface area contributed by atoms with Gasteiger partial charge in [-0.1, -0.05) is 42.5 Å². The third-order valence-corrected chi connectivity index (χ3v) is 5.58. The van der Waals surface area contributed by atoms with Crippen LogP contribution in [0.25, 0.3) is 0 Å². The van der Waals surface area contributed by atoms with E-state index >= 15 is 0 Å². The highest BCUT2D eigenvalue weighted by atomic mass is 35.5. The Kier molecular flexibility index (Phi) is 12.0. The van der Waals surface area contributed by atoms with E-state index in [0.29, 0.717) is 43.1 Å². The highest BCUT2D eigenvalue weighted by Gasteiger charge is 2.44. The van der Waals surface area contributed by atoms with Crippen molar-refractivity contribution in [3.8, 4) is 0 Å². The molecule has 1 aliphatic rings. The number of nitrogens with one attached hydrogen (secondary N) is 1. The van der Waals surface area contributed by atoms with E-state index in [1.165, 1.54) is 11.0 Å². The molecule has 0 spiro atoms. The van der Waals surface area contributed by atoms with E-state index in [9.17, 15) is 22.8 Å². The number of hydrogen-bond donors (Lipinski definition) is 1. The molecule has 0 aliphatic carbocycles. The Morgan fingerprint density at radius 3 is 2.29 bits per heavy atom. The highest BCUT2D eigenvalue weighted by Crippen LogP contribution is 2.30. The zero-order valence-electron chi connectivity index (χ0n) is 19.7. The van der Waals surface area contributed by atoms with Crippen LogP contribution < -0.4 is 10.2 Å². The zero-order valence-corrected chi connectivity index (χ0v) is 21.3. The Labute approximate surface area is 216 Å². The molecule has 1 heterocycles. The molecule has 0 aromatic heterocycles. The summed E-state index contributed by atoms with van der Waals surface area (Å²) in [6, 6.07) is 14.2. The molecule has 0 fully saturated rings. The lowest BCUT2D eigenvalue weighted by atomic mass is 9.98. The lowest BCUT2D eigenvalue weighted by Gasteiger charge is -2.31. The first-order valence-electron chi connectivity index (χ1n) is 10.8. The van der Waals surface area contributed by atoms with Gasteiger partial charge in [0.05, 0.1) is 0 Å². The van der Waals surface area contributed by atoms with Crippen LogP contribution in [-0.4, -0.2) is 68.1 Å². The summed E-state index contributed by atoms with van der Waals surface area (Å²) in [5.41, 5.74) is 2.49. The van der Waals surface area contributed by atoms with Crippen LogP contribution in [-0.2, 0) is 29.1 Å². The number of carbonyl (C=O) groups excluding carboxylic acids is 2. The van der Waals surface area contributed by atoms with Crippen molar-refractivity contribution in [3.05, 3.63) is 65.2 Å². The van der Waals surface area contributed by atoms with Crippen LogP contribution in [0.5, 0.6) is 0 Å². The van der Waals surface area contributed by atoms with Gasteiger partial charge in [0.2, 0.25) is 5.91 Å². The average molecular weight is 535 g/mol. The Morgan fingerprint density at radius 1 is 0.971 bits per heavy atom. The highest BCUT2D eigenvalue weighted by molar-refractivity contribution is 6.02. The molecule has 2 amide bonds. The van der Waals surface area contributed by atoms with Crippen molar-refractivity contribution in [2.24, 2.45) is 0 Å². The normalized spacial score (nSPS) is 12.7. The molecule has 2 aromatic carbocycles. The topological polar surface area (TPSA) is 55.9 Å². The second-order valence-corrected chi connectivity index (χ2v) is 8.33. The lowest BCUT2D eigenvalue weighted by molar-refractivity contribution is -0.170. The molecule has 1 aliphatic heterocycles. The summed E-state index contributed by atoms with van der Waals surface area (Å²) in [4.78, 5) is 29.7. The maximum Gasteiger partial charge on any atom is 0.471 e. The molecule has 6 nitrogen and oxygen atoms in total. The van der Waals surface area contributed by atoms with Crippen molar-refractivity contribution in [2.45, 2.75) is 25.7 Å². The summed E-state index contributed by atoms with van der Waals surface area (Å²) in [7, 11) is 3.71. The van der Waals surface area contributed by atoms with Crippen LogP contribution in [0.2, 0.25) is 0 Å². The van der Waals surface area contributed by atoms with Gasteiger partial charge in [0, 0.05) is 31.9 Å². The fourth-order valence-corrected chi connectivity index (χ4v) is 3.82. The number of amides is 2. The smallest absolute Gasteiger partial charge is 0.336 e. The van der Waals surface area contributed by atoms with E-state index in [-0.39, 0.29) is 37.0 Å². The van der Waals surface area contributed by atoms with Crippen LogP contribution in [0, 0.1) is 0 Å². The predicted molar refractivity (Wildman–Crippen MR) is 135 cm³/mol. The van der Waals surface area contributed by atoms with Crippen LogP contribution in [0.3, 0.4) is 0 Å². The van der Waals surface area contributed by atoms with Gasteiger partial charge in [-0.15, -0.1) is 24.8 Å². The number of halogens is 5. The van der Waals surface area contributed by atoms with Crippen LogP contribution in [0.15, 0.2) is 48.5 Å². The summed E-state index contributed by atoms with van der Waals surface area (Å²) in [5, 5.41) is 3.14. The molecule has 3 rings (SSSR count). The summed E-state index contributed by atoms with van der Waals surface area (Å²) in [5.74, 6) is -2.58. The fraction of sp³-hybridized carbons (Fsp3) is 0.417. The molecule has 35 heavy (non-hydrogen) atoms. The van der Waals surface area contributed by atoms with Crippen LogP contribution >= 0.6 is 24.8 Å². The van der Waals surface area contributed by atoms with Crippen molar-refractivity contribution in [1.82, 2.24) is 15.1 Å². The third-order valence-electron chi connectivity index (χ3n) is 5.58. The summed E-state index contributed by atoms with van der Waals surface area (Å²) in [6.45, 7) is 1.47. The van der Waals surface area contributed by atoms with Gasteiger partial charge < -0.3 is 15.1 Å². The predicted octanol–water partition coefficient (Wildman–Crippen LogP) is 3.66. The SMILES string of the molecule is CN(C)CCN(Cc1ccccc1)C(=O)CN(C(=O)C(F)(F)F)c1cccc2c1CNCC2.Cl.Cl. The van der Waals surface area contributed by atoms with Crippen molar-refractivity contribution >= 4 is 42.3 Å². The van der Waals surface area contributed by atoms with Crippen molar-refractivity contribution in [3.63, 3.8) is 0 Å². The van der Waals surface area contributed by atoms with Crippen LogP contribution in [0.1, 0.15) is 16.7 Å². The first kappa shape index (κ1) is 30.7. The Hall–Kier alpha value is -2.33. The number of benzene rings is 2. The fourth-order valence-electron chi connectivity index (χ4n) is 3.82. The Balaban J connectivity index is 0.00000306. The molecule has 0 saturated heterocycles. The first-order chi connectivity index (χ1) is 15.7. The lowest BCUT2D eigenvalue weighted by Crippen LogP contribution is -2.49. The number of alkyl halides is 3. The second-order valence-electron chi connectivity index (χ2n) is 8.33. The molecule has 0 radical (unpaired) electrons. The van der Waals surface area contributed by atoms with Crippen molar-refractivity contribution < 1.29 is 22.8 Å². The number of fused-ring (bicyclic) bond motifs is 1. The van der Waals surface area contributed by atoms with Gasteiger partial charge in [0.15, 0.2) is 0 Å². The minimum atomic E-state index is -5.10. The van der Waals surface area contributed by atoms with E-state index in [2.05, 4.69) is 5.32 Å². The van der Waals surface area contributed by atoms with Gasteiger partial charge in [-0.05, 0) is 49.8 Å². The Bertz CT molecular complexity index is 975. The third kappa shape index (κ3) is 8.38. The number of carbonyl (C=O) groups is 2. The van der Waals surface area contributed by atoms with Gasteiger partial charge >= 0.3 is 12.1 Å². The second kappa shape index (κ2) is 13.7. The van der Waals surface area contributed by atoms with E-state index in [1.54, 1.807) is 6.07 Å². The molecule has 194 valence electrons. The number of nitrogens with zero attached hydrogens (tertiary/aromatic N) is 3. The zero-order chi connectivity index (χ0) is 24.0. The van der Waals surface area contributed by atoms with Gasteiger partial charge in [-0.3, -0.25) is 14.5 Å². The minimum Gasteiger partial charge on any atom is -0.336 e. The summed E-state index contributed by atoms with van der Waals surface area (Å²) in [6.07, 6.45) is -4.45. The van der Waals surface area contributed by atoms with Gasteiger partial charge in [-0.25, -0.2) is 0 Å². The van der Waals surface area contributed by atoms with Gasteiger partial charge in [-0.2, -0.15) is 13.2 Å². The van der Waals surface area contributed by atoms with Crippen molar-refractivity contribution in [2.75, 3.05) is 45.2 Å². The quantitative estimate of drug-likeness (QED) is 0.561. The van der Waals surface area contributed by atoms with E-state index in [1.807, 2.05) is 55.4 Å². The summed E-state index contributed by atoms with van der Waals surface area (Å²) < 4.78 is 40.6. The van der Waals surface area contributed by atoms with E-state index < -0.39 is 24.5 Å². The first-order valence-corrected chi connectivity index (χ1v) is 10.8. The molecule has 1 N–H and O–H groups in total. The Morgan fingerprint density at radius 2 is 1.66 bits per heavy atom. The van der Waals surface area contributed by atoms with Gasteiger partial charge in [0.25, 0.3) is 0 Å². The molecule has 0 bridgehead atoms.